The van der Waals surface area contributed by atoms with E-state index in [0.717, 1.165) is 0 Å². The van der Waals surface area contributed by atoms with Crippen molar-refractivity contribution >= 4 is 17.4 Å². The molecule has 1 aromatic rings. The van der Waals surface area contributed by atoms with Crippen molar-refractivity contribution in [2.75, 3.05) is 25.1 Å². The monoisotopic (exact) mass is 260 g/mol. The van der Waals surface area contributed by atoms with Crippen LogP contribution < -0.4 is 4.90 Å². The largest absolute Gasteiger partial charge is 0.377 e. The van der Waals surface area contributed by atoms with Crippen molar-refractivity contribution in [3.05, 3.63) is 23.6 Å². The molecule has 17 heavy (non-hydrogen) atoms. The van der Waals surface area contributed by atoms with Crippen LogP contribution in [0.2, 0.25) is 0 Å². The number of likely N-dealkylation sites (N-methyl/N-ethyl adjacent to an activating group) is 1. The molecular weight excluding hydrogens is 243 g/mol. The fraction of sp³-hybridized carbons (Fsp3) is 0.583. The number of rotatable bonds is 6. The van der Waals surface area contributed by atoms with Crippen LogP contribution in [0.1, 0.15) is 19.4 Å². The van der Waals surface area contributed by atoms with E-state index in [1.165, 1.54) is 12.3 Å². The third kappa shape index (κ3) is 4.48. The molecule has 3 nitrogen and oxygen atoms in total. The molecule has 96 valence electrons. The van der Waals surface area contributed by atoms with Gasteiger partial charge in [-0.05, 0) is 19.9 Å². The second kappa shape index (κ2) is 6.77. The fourth-order valence-electron chi connectivity index (χ4n) is 1.45. The summed E-state index contributed by atoms with van der Waals surface area (Å²) < 4.78 is 18.4. The summed E-state index contributed by atoms with van der Waals surface area (Å²) in [6.07, 6.45) is 1.41. The van der Waals surface area contributed by atoms with Gasteiger partial charge in [0.2, 0.25) is 0 Å². The topological polar surface area (TPSA) is 25.4 Å². The number of aromatic nitrogens is 1. The van der Waals surface area contributed by atoms with E-state index >= 15 is 0 Å². The van der Waals surface area contributed by atoms with Gasteiger partial charge in [0, 0.05) is 19.2 Å². The third-order valence-electron chi connectivity index (χ3n) is 2.29. The van der Waals surface area contributed by atoms with E-state index in [-0.39, 0.29) is 17.8 Å². The highest BCUT2D eigenvalue weighted by Crippen LogP contribution is 2.19. The van der Waals surface area contributed by atoms with Crippen LogP contribution in [-0.2, 0) is 10.6 Å². The van der Waals surface area contributed by atoms with Crippen LogP contribution >= 0.6 is 11.6 Å². The molecule has 0 aliphatic carbocycles. The molecule has 0 bridgehead atoms. The number of alkyl halides is 1. The van der Waals surface area contributed by atoms with Crippen molar-refractivity contribution in [2.24, 2.45) is 0 Å². The summed E-state index contributed by atoms with van der Waals surface area (Å²) in [5, 5.41) is 0. The van der Waals surface area contributed by atoms with Gasteiger partial charge in [-0.2, -0.15) is 0 Å². The first-order valence-corrected chi connectivity index (χ1v) is 6.11. The Balaban J connectivity index is 2.64. The highest BCUT2D eigenvalue weighted by Gasteiger charge is 2.09. The van der Waals surface area contributed by atoms with E-state index in [4.69, 9.17) is 16.3 Å². The third-order valence-corrected chi connectivity index (χ3v) is 2.58. The number of halogens is 2. The average Bonchev–Trinajstić information content (AvgIpc) is 2.28. The predicted octanol–water partition coefficient (Wildman–Crippen LogP) is 2.82. The van der Waals surface area contributed by atoms with Gasteiger partial charge in [-0.1, -0.05) is 0 Å². The summed E-state index contributed by atoms with van der Waals surface area (Å²) in [4.78, 5) is 5.97. The van der Waals surface area contributed by atoms with Gasteiger partial charge >= 0.3 is 0 Å². The Morgan fingerprint density at radius 1 is 1.53 bits per heavy atom. The molecule has 0 aromatic carbocycles. The maximum atomic E-state index is 13.0. The van der Waals surface area contributed by atoms with E-state index in [2.05, 4.69) is 4.98 Å². The molecule has 0 N–H and O–H groups in total. The molecule has 0 fully saturated rings. The number of anilines is 1. The first kappa shape index (κ1) is 14.2. The molecule has 1 rings (SSSR count). The molecule has 0 saturated heterocycles. The molecule has 1 heterocycles. The van der Waals surface area contributed by atoms with Crippen molar-refractivity contribution in [2.45, 2.75) is 25.8 Å². The average molecular weight is 261 g/mol. The number of hydrogen-bond donors (Lipinski definition) is 0. The Hall–Kier alpha value is -0.870. The zero-order valence-corrected chi connectivity index (χ0v) is 11.2. The van der Waals surface area contributed by atoms with E-state index in [1.54, 1.807) is 0 Å². The number of nitrogens with zero attached hydrogens (tertiary/aromatic N) is 2. The quantitative estimate of drug-likeness (QED) is 0.736. The van der Waals surface area contributed by atoms with Crippen LogP contribution in [-0.4, -0.2) is 31.3 Å². The second-order valence-corrected chi connectivity index (χ2v) is 4.38. The number of hydrogen-bond acceptors (Lipinski definition) is 3. The second-order valence-electron chi connectivity index (χ2n) is 4.11. The van der Waals surface area contributed by atoms with Crippen LogP contribution in [0.25, 0.3) is 0 Å². The van der Waals surface area contributed by atoms with E-state index in [1.807, 2.05) is 25.8 Å². The zero-order chi connectivity index (χ0) is 12.8. The van der Waals surface area contributed by atoms with Crippen LogP contribution in [0.3, 0.4) is 0 Å². The predicted molar refractivity (Wildman–Crippen MR) is 68.1 cm³/mol. The Kier molecular flexibility index (Phi) is 5.65. The molecule has 0 amide bonds. The Bertz CT molecular complexity index is 360. The normalized spacial score (nSPS) is 10.9. The van der Waals surface area contributed by atoms with E-state index < -0.39 is 0 Å². The smallest absolute Gasteiger partial charge is 0.141 e. The summed E-state index contributed by atoms with van der Waals surface area (Å²) in [5.74, 6) is 0.583. The molecule has 0 unspecified atom stereocenters. The molecule has 0 spiro atoms. The fourth-order valence-corrected chi connectivity index (χ4v) is 1.64. The molecular formula is C12H18ClFN2O. The van der Waals surface area contributed by atoms with Gasteiger partial charge in [-0.15, -0.1) is 11.6 Å². The lowest BCUT2D eigenvalue weighted by Gasteiger charge is -2.21. The van der Waals surface area contributed by atoms with Gasteiger partial charge in [-0.3, -0.25) is 0 Å². The van der Waals surface area contributed by atoms with Gasteiger partial charge in [0.25, 0.3) is 0 Å². The van der Waals surface area contributed by atoms with Crippen molar-refractivity contribution in [1.29, 1.82) is 0 Å². The molecule has 0 radical (unpaired) electrons. The summed E-state index contributed by atoms with van der Waals surface area (Å²) in [5.41, 5.74) is 0.693. The van der Waals surface area contributed by atoms with Crippen molar-refractivity contribution in [3.63, 3.8) is 0 Å². The van der Waals surface area contributed by atoms with Gasteiger partial charge < -0.3 is 9.64 Å². The van der Waals surface area contributed by atoms with Crippen LogP contribution in [0, 0.1) is 5.82 Å². The van der Waals surface area contributed by atoms with E-state index in [0.29, 0.717) is 24.5 Å². The highest BCUT2D eigenvalue weighted by atomic mass is 35.5. The summed E-state index contributed by atoms with van der Waals surface area (Å²) >= 11 is 5.77. The maximum Gasteiger partial charge on any atom is 0.141 e. The van der Waals surface area contributed by atoms with Gasteiger partial charge in [0.1, 0.15) is 11.6 Å². The Morgan fingerprint density at radius 2 is 2.24 bits per heavy atom. The first-order valence-electron chi connectivity index (χ1n) is 5.57. The molecule has 0 aliphatic heterocycles. The van der Waals surface area contributed by atoms with Gasteiger partial charge in [-0.25, -0.2) is 9.37 Å². The zero-order valence-electron chi connectivity index (χ0n) is 10.4. The van der Waals surface area contributed by atoms with Crippen molar-refractivity contribution in [3.8, 4) is 0 Å². The minimum atomic E-state index is -0.365. The molecule has 5 heteroatoms. The molecule has 0 saturated carbocycles. The van der Waals surface area contributed by atoms with Crippen LogP contribution in [0.4, 0.5) is 10.2 Å². The highest BCUT2D eigenvalue weighted by molar-refractivity contribution is 6.17. The Morgan fingerprint density at radius 3 is 2.82 bits per heavy atom. The maximum absolute atomic E-state index is 13.0. The molecule has 1 aromatic heterocycles. The lowest BCUT2D eigenvalue weighted by molar-refractivity contribution is 0.0845. The van der Waals surface area contributed by atoms with Crippen molar-refractivity contribution in [1.82, 2.24) is 4.98 Å². The minimum Gasteiger partial charge on any atom is -0.377 e. The van der Waals surface area contributed by atoms with E-state index in [9.17, 15) is 4.39 Å². The summed E-state index contributed by atoms with van der Waals surface area (Å²) in [7, 11) is 1.89. The number of pyridine rings is 1. The lowest BCUT2D eigenvalue weighted by Crippen LogP contribution is -2.25. The van der Waals surface area contributed by atoms with Gasteiger partial charge in [0.05, 0.1) is 24.8 Å². The first-order chi connectivity index (χ1) is 8.04. The standard InChI is InChI=1S/C12H18ClFN2O/c1-9(2)17-5-4-16(3)12-10(7-13)6-11(14)8-15-12/h6,8-9H,4-5,7H2,1-3H3. The SMILES string of the molecule is CC(C)OCCN(C)c1ncc(F)cc1CCl. The molecule has 0 aliphatic rings. The minimum absolute atomic E-state index is 0.206. The van der Waals surface area contributed by atoms with Crippen LogP contribution in [0.15, 0.2) is 12.3 Å². The van der Waals surface area contributed by atoms with Crippen LogP contribution in [0.5, 0.6) is 0 Å². The number of ether oxygens (including phenoxy) is 1. The Labute approximate surface area is 107 Å². The van der Waals surface area contributed by atoms with Crippen molar-refractivity contribution < 1.29 is 9.13 Å². The molecule has 0 atom stereocenters. The lowest BCUT2D eigenvalue weighted by atomic mass is 10.2. The van der Waals surface area contributed by atoms with Gasteiger partial charge in [0.15, 0.2) is 0 Å². The summed E-state index contributed by atoms with van der Waals surface area (Å²) in [6.45, 7) is 5.27. The summed E-state index contributed by atoms with van der Waals surface area (Å²) in [6, 6.07) is 1.41.